The van der Waals surface area contributed by atoms with Crippen molar-refractivity contribution in [2.75, 3.05) is 0 Å². The van der Waals surface area contributed by atoms with Gasteiger partial charge < -0.3 is 5.32 Å². The molecule has 0 saturated heterocycles. The molecule has 0 bridgehead atoms. The van der Waals surface area contributed by atoms with Crippen LogP contribution < -0.4 is 5.32 Å². The molecule has 1 amide bonds. The van der Waals surface area contributed by atoms with E-state index in [9.17, 15) is 4.79 Å². The molecule has 0 aliphatic rings. The summed E-state index contributed by atoms with van der Waals surface area (Å²) >= 11 is 0. The highest BCUT2D eigenvalue weighted by atomic mass is 16.1. The molecular weight excluding hydrogens is 366 g/mol. The van der Waals surface area contributed by atoms with Gasteiger partial charge in [0.2, 0.25) is 5.91 Å². The molecule has 148 valence electrons. The second kappa shape index (κ2) is 7.83. The first-order chi connectivity index (χ1) is 14.0. The summed E-state index contributed by atoms with van der Waals surface area (Å²) in [5.74, 6) is 0.717. The van der Waals surface area contributed by atoms with E-state index in [1.54, 1.807) is 15.5 Å². The first-order valence-electron chi connectivity index (χ1n) is 9.56. The van der Waals surface area contributed by atoms with Crippen molar-refractivity contribution in [2.45, 2.75) is 40.2 Å². The predicted molar refractivity (Wildman–Crippen MR) is 109 cm³/mol. The Morgan fingerprint density at radius 3 is 2.62 bits per heavy atom. The van der Waals surface area contributed by atoms with Crippen molar-refractivity contribution < 1.29 is 4.79 Å². The van der Waals surface area contributed by atoms with Crippen molar-refractivity contribution in [2.24, 2.45) is 0 Å². The molecule has 0 fully saturated rings. The van der Waals surface area contributed by atoms with E-state index in [-0.39, 0.29) is 5.91 Å². The van der Waals surface area contributed by atoms with Gasteiger partial charge in [0.05, 0.1) is 5.69 Å². The molecule has 4 aromatic rings. The van der Waals surface area contributed by atoms with Crippen molar-refractivity contribution in [3.05, 3.63) is 70.8 Å². The Hall–Kier alpha value is -3.55. The van der Waals surface area contributed by atoms with Gasteiger partial charge in [-0.2, -0.15) is 9.61 Å². The van der Waals surface area contributed by atoms with Crippen molar-refractivity contribution in [1.29, 1.82) is 0 Å². The summed E-state index contributed by atoms with van der Waals surface area (Å²) in [6.45, 7) is 6.55. The maximum absolute atomic E-state index is 12.3. The van der Waals surface area contributed by atoms with Crippen LogP contribution in [0.25, 0.3) is 11.5 Å². The van der Waals surface area contributed by atoms with Crippen molar-refractivity contribution >= 4 is 11.6 Å². The molecule has 1 aromatic carbocycles. The number of aromatic nitrogens is 6. The number of rotatable bonds is 6. The molecule has 29 heavy (non-hydrogen) atoms. The Morgan fingerprint density at radius 2 is 1.83 bits per heavy atom. The number of fused-ring (bicyclic) bond motifs is 1. The standard InChI is InChI=1S/C21H23N7O/c1-14-4-6-17(7-5-14)12-22-21(29)11-8-18-15(2)25-28(16(18)3)20-10-9-19-24-23-13-27(19)26-20/h4-7,9-10,13H,8,11-12H2,1-3H3,(H,22,29). The molecule has 0 radical (unpaired) electrons. The third-order valence-corrected chi connectivity index (χ3v) is 5.02. The molecule has 3 heterocycles. The smallest absolute Gasteiger partial charge is 0.220 e. The Balaban J connectivity index is 1.42. The van der Waals surface area contributed by atoms with Gasteiger partial charge in [-0.05, 0) is 50.5 Å². The lowest BCUT2D eigenvalue weighted by atomic mass is 10.1. The van der Waals surface area contributed by atoms with Crippen LogP contribution in [0.15, 0.2) is 42.7 Å². The second-order valence-corrected chi connectivity index (χ2v) is 7.15. The number of aryl methyl sites for hydroxylation is 2. The van der Waals surface area contributed by atoms with Gasteiger partial charge in [-0.25, -0.2) is 4.68 Å². The summed E-state index contributed by atoms with van der Waals surface area (Å²) in [7, 11) is 0. The third kappa shape index (κ3) is 4.01. The molecule has 0 saturated carbocycles. The number of amides is 1. The minimum Gasteiger partial charge on any atom is -0.352 e. The van der Waals surface area contributed by atoms with E-state index in [2.05, 4.69) is 25.7 Å². The fraction of sp³-hybridized carbons (Fsp3) is 0.286. The van der Waals surface area contributed by atoms with E-state index in [4.69, 9.17) is 0 Å². The largest absolute Gasteiger partial charge is 0.352 e. The zero-order valence-electron chi connectivity index (χ0n) is 16.8. The van der Waals surface area contributed by atoms with Crippen LogP contribution in [0.4, 0.5) is 0 Å². The minimum atomic E-state index is 0.0289. The van der Waals surface area contributed by atoms with Crippen LogP contribution >= 0.6 is 0 Å². The summed E-state index contributed by atoms with van der Waals surface area (Å²) in [5, 5.41) is 19.9. The van der Waals surface area contributed by atoms with Gasteiger partial charge in [-0.1, -0.05) is 29.8 Å². The average Bonchev–Trinajstić information content (AvgIpc) is 3.29. The molecule has 0 spiro atoms. The quantitative estimate of drug-likeness (QED) is 0.547. The summed E-state index contributed by atoms with van der Waals surface area (Å²) in [6.07, 6.45) is 2.60. The number of hydrogen-bond acceptors (Lipinski definition) is 5. The molecule has 0 unspecified atom stereocenters. The van der Waals surface area contributed by atoms with Gasteiger partial charge in [-0.15, -0.1) is 15.3 Å². The Labute approximate surface area is 168 Å². The van der Waals surface area contributed by atoms with E-state index in [1.807, 2.05) is 57.2 Å². The van der Waals surface area contributed by atoms with Crippen LogP contribution in [-0.2, 0) is 17.8 Å². The molecule has 4 rings (SSSR count). The predicted octanol–water partition coefficient (Wildman–Crippen LogP) is 2.48. The Kier molecular flexibility index (Phi) is 5.07. The minimum absolute atomic E-state index is 0.0289. The first kappa shape index (κ1) is 18.8. The highest BCUT2D eigenvalue weighted by Gasteiger charge is 2.15. The van der Waals surface area contributed by atoms with E-state index in [1.165, 1.54) is 5.56 Å². The maximum atomic E-state index is 12.3. The average molecular weight is 389 g/mol. The van der Waals surface area contributed by atoms with Crippen LogP contribution in [0.1, 0.15) is 34.5 Å². The number of carbonyl (C=O) groups is 1. The van der Waals surface area contributed by atoms with E-state index in [0.717, 1.165) is 22.5 Å². The van der Waals surface area contributed by atoms with Gasteiger partial charge in [0.15, 0.2) is 11.5 Å². The third-order valence-electron chi connectivity index (χ3n) is 5.02. The fourth-order valence-corrected chi connectivity index (χ4v) is 3.32. The number of hydrogen-bond donors (Lipinski definition) is 1. The van der Waals surface area contributed by atoms with Gasteiger partial charge in [-0.3, -0.25) is 4.79 Å². The fourth-order valence-electron chi connectivity index (χ4n) is 3.32. The van der Waals surface area contributed by atoms with Gasteiger partial charge in [0.1, 0.15) is 6.33 Å². The molecule has 0 aliphatic heterocycles. The van der Waals surface area contributed by atoms with Gasteiger partial charge in [0.25, 0.3) is 0 Å². The van der Waals surface area contributed by atoms with E-state index < -0.39 is 0 Å². The van der Waals surface area contributed by atoms with Crippen LogP contribution in [-0.4, -0.2) is 35.5 Å². The van der Waals surface area contributed by atoms with Gasteiger partial charge >= 0.3 is 0 Å². The molecule has 3 aromatic heterocycles. The molecule has 0 atom stereocenters. The summed E-state index contributed by atoms with van der Waals surface area (Å²) < 4.78 is 3.41. The first-order valence-corrected chi connectivity index (χ1v) is 9.56. The van der Waals surface area contributed by atoms with Crippen molar-refractivity contribution in [3.63, 3.8) is 0 Å². The SMILES string of the molecule is Cc1ccc(CNC(=O)CCc2c(C)nn(-c3ccc4nncn4n3)c2C)cc1. The normalized spacial score (nSPS) is 11.1. The number of carbonyl (C=O) groups excluding carboxylic acids is 1. The zero-order chi connectivity index (χ0) is 20.4. The van der Waals surface area contributed by atoms with Crippen molar-refractivity contribution in [1.82, 2.24) is 34.9 Å². The lowest BCUT2D eigenvalue weighted by molar-refractivity contribution is -0.121. The van der Waals surface area contributed by atoms with Crippen LogP contribution in [0, 0.1) is 20.8 Å². The highest BCUT2D eigenvalue weighted by Crippen LogP contribution is 2.18. The van der Waals surface area contributed by atoms with Crippen LogP contribution in [0.5, 0.6) is 0 Å². The van der Waals surface area contributed by atoms with Crippen LogP contribution in [0.2, 0.25) is 0 Å². The number of nitrogens with one attached hydrogen (secondary N) is 1. The van der Waals surface area contributed by atoms with Crippen molar-refractivity contribution in [3.8, 4) is 5.82 Å². The van der Waals surface area contributed by atoms with Gasteiger partial charge in [0, 0.05) is 18.7 Å². The molecule has 8 heteroatoms. The molecular formula is C21H23N7O. The lowest BCUT2D eigenvalue weighted by Crippen LogP contribution is -2.23. The molecule has 0 aliphatic carbocycles. The number of nitrogens with zero attached hydrogens (tertiary/aromatic N) is 6. The topological polar surface area (TPSA) is 90.0 Å². The lowest BCUT2D eigenvalue weighted by Gasteiger charge is -2.07. The Morgan fingerprint density at radius 1 is 1.03 bits per heavy atom. The Bertz CT molecular complexity index is 1160. The van der Waals surface area contributed by atoms with E-state index >= 15 is 0 Å². The zero-order valence-corrected chi connectivity index (χ0v) is 16.8. The second-order valence-electron chi connectivity index (χ2n) is 7.15. The van der Waals surface area contributed by atoms with E-state index in [0.29, 0.717) is 30.9 Å². The van der Waals surface area contributed by atoms with Crippen LogP contribution in [0.3, 0.4) is 0 Å². The highest BCUT2D eigenvalue weighted by molar-refractivity contribution is 5.76. The summed E-state index contributed by atoms with van der Waals surface area (Å²) in [6, 6.07) is 11.9. The monoisotopic (exact) mass is 389 g/mol. The summed E-state index contributed by atoms with van der Waals surface area (Å²) in [5.41, 5.74) is 5.94. The molecule has 1 N–H and O–H groups in total. The molecule has 8 nitrogen and oxygen atoms in total. The summed E-state index contributed by atoms with van der Waals surface area (Å²) in [4.78, 5) is 12.3. The number of benzene rings is 1. The maximum Gasteiger partial charge on any atom is 0.220 e.